The Balaban J connectivity index is 1.95. The normalized spacial score (nSPS) is 11.8. The molecule has 0 radical (unpaired) electrons. The number of H-pyrrole nitrogens is 2. The predicted molar refractivity (Wildman–Crippen MR) is 137 cm³/mol. The van der Waals surface area contributed by atoms with E-state index < -0.39 is 0 Å². The largest absolute Gasteiger partial charge is 0.358 e. The third-order valence-corrected chi connectivity index (χ3v) is 7.13. The van der Waals surface area contributed by atoms with Crippen molar-refractivity contribution in [2.24, 2.45) is 0 Å². The van der Waals surface area contributed by atoms with Crippen LogP contribution in [0.5, 0.6) is 0 Å². The zero-order valence-corrected chi connectivity index (χ0v) is 19.8. The van der Waals surface area contributed by atoms with Crippen LogP contribution in [0.25, 0.3) is 21.8 Å². The van der Waals surface area contributed by atoms with Gasteiger partial charge in [-0.2, -0.15) is 0 Å². The summed E-state index contributed by atoms with van der Waals surface area (Å²) in [5, 5.41) is 2.78. The van der Waals surface area contributed by atoms with Crippen LogP contribution in [0, 0.1) is 20.8 Å². The molecule has 0 spiro atoms. The molecule has 3 aromatic carbocycles. The maximum atomic E-state index is 3.72. The van der Waals surface area contributed by atoms with Crippen LogP contribution in [0.2, 0.25) is 0 Å². The van der Waals surface area contributed by atoms with Gasteiger partial charge in [0.1, 0.15) is 0 Å². The van der Waals surface area contributed by atoms with E-state index in [-0.39, 0.29) is 5.92 Å². The molecule has 2 N–H and O–H groups in total. The second kappa shape index (κ2) is 8.02. The van der Waals surface area contributed by atoms with Crippen molar-refractivity contribution in [2.45, 2.75) is 53.4 Å². The van der Waals surface area contributed by atoms with Gasteiger partial charge in [-0.1, -0.05) is 62.4 Å². The Morgan fingerprint density at radius 2 is 1.12 bits per heavy atom. The number of benzene rings is 3. The van der Waals surface area contributed by atoms with Crippen molar-refractivity contribution in [2.75, 3.05) is 0 Å². The first-order valence-electron chi connectivity index (χ1n) is 11.8. The molecule has 0 saturated carbocycles. The molecule has 5 aromatic rings. The fraction of sp³-hybridized carbons (Fsp3) is 0.267. The number of aromatic amines is 2. The maximum absolute atomic E-state index is 3.72. The molecule has 2 aromatic heterocycles. The van der Waals surface area contributed by atoms with Crippen LogP contribution in [-0.4, -0.2) is 9.97 Å². The molecule has 0 aliphatic rings. The molecule has 2 nitrogen and oxygen atoms in total. The van der Waals surface area contributed by atoms with Gasteiger partial charge in [-0.25, -0.2) is 0 Å². The van der Waals surface area contributed by atoms with E-state index in [1.807, 2.05) is 0 Å². The lowest BCUT2D eigenvalue weighted by Gasteiger charge is -2.23. The molecule has 2 heteroatoms. The number of fused-ring (bicyclic) bond motifs is 2. The Morgan fingerprint density at radius 3 is 1.59 bits per heavy atom. The SMILES string of the molecule is CCc1cccc2[nH]c(C)c(C(c3ccccc3C)c3c(C)[nH]c4cccc(CC)c34)c12. The van der Waals surface area contributed by atoms with Crippen LogP contribution in [0.4, 0.5) is 0 Å². The summed E-state index contributed by atoms with van der Waals surface area (Å²) in [6.07, 6.45) is 2.05. The van der Waals surface area contributed by atoms with Gasteiger partial charge in [0.05, 0.1) is 0 Å². The van der Waals surface area contributed by atoms with Gasteiger partial charge in [0.15, 0.2) is 0 Å². The summed E-state index contributed by atoms with van der Waals surface area (Å²) in [6, 6.07) is 22.3. The Bertz CT molecular complexity index is 1340. The highest BCUT2D eigenvalue weighted by Gasteiger charge is 2.29. The first-order valence-corrected chi connectivity index (χ1v) is 11.8. The van der Waals surface area contributed by atoms with Gasteiger partial charge in [0, 0.05) is 39.1 Å². The average molecular weight is 421 g/mol. The molecule has 0 saturated heterocycles. The molecule has 0 bridgehead atoms. The third kappa shape index (κ3) is 3.09. The molecule has 5 rings (SSSR count). The molecule has 32 heavy (non-hydrogen) atoms. The van der Waals surface area contributed by atoms with Crippen LogP contribution < -0.4 is 0 Å². The standard InChI is InChI=1S/C30H32N2/c1-6-21-13-10-16-24-28(21)26(19(4)31-24)30(23-15-9-8-12-18(23)3)27-20(5)32-25-17-11-14-22(7-2)29(25)27/h8-17,30-32H,6-7H2,1-5H3. The Morgan fingerprint density at radius 1 is 0.625 bits per heavy atom. The highest BCUT2D eigenvalue weighted by atomic mass is 14.7. The summed E-state index contributed by atoms with van der Waals surface area (Å²) in [6.45, 7) is 11.2. The topological polar surface area (TPSA) is 31.6 Å². The van der Waals surface area contributed by atoms with E-state index in [9.17, 15) is 0 Å². The molecule has 162 valence electrons. The van der Waals surface area contributed by atoms with Crippen molar-refractivity contribution in [1.29, 1.82) is 0 Å². The zero-order chi connectivity index (χ0) is 22.4. The quantitative estimate of drug-likeness (QED) is 0.290. The van der Waals surface area contributed by atoms with E-state index in [4.69, 9.17) is 0 Å². The molecule has 0 atom stereocenters. The predicted octanol–water partition coefficient (Wildman–Crippen LogP) is 7.88. The summed E-state index contributed by atoms with van der Waals surface area (Å²) in [4.78, 5) is 7.44. The summed E-state index contributed by atoms with van der Waals surface area (Å²) in [5.41, 5.74) is 13.4. The van der Waals surface area contributed by atoms with Crippen molar-refractivity contribution in [3.05, 3.63) is 105 Å². The van der Waals surface area contributed by atoms with E-state index in [1.165, 1.54) is 66.6 Å². The van der Waals surface area contributed by atoms with Gasteiger partial charge >= 0.3 is 0 Å². The lowest BCUT2D eigenvalue weighted by molar-refractivity contribution is 0.945. The van der Waals surface area contributed by atoms with Crippen LogP contribution in [0.15, 0.2) is 60.7 Å². The minimum absolute atomic E-state index is 0.166. The minimum atomic E-state index is 0.166. The first-order chi connectivity index (χ1) is 15.5. The lowest BCUT2D eigenvalue weighted by atomic mass is 9.79. The fourth-order valence-electron chi connectivity index (χ4n) is 5.64. The van der Waals surface area contributed by atoms with Gasteiger partial charge in [-0.15, -0.1) is 0 Å². The summed E-state index contributed by atoms with van der Waals surface area (Å²) < 4.78 is 0. The number of aryl methyl sites for hydroxylation is 5. The monoisotopic (exact) mass is 420 g/mol. The minimum Gasteiger partial charge on any atom is -0.358 e. The zero-order valence-electron chi connectivity index (χ0n) is 19.8. The number of nitrogens with one attached hydrogen (secondary N) is 2. The van der Waals surface area contributed by atoms with Crippen LogP contribution in [0.3, 0.4) is 0 Å². The molecule has 2 heterocycles. The number of hydrogen-bond acceptors (Lipinski definition) is 0. The van der Waals surface area contributed by atoms with E-state index in [2.05, 4.69) is 105 Å². The highest BCUT2D eigenvalue weighted by molar-refractivity contribution is 5.94. The van der Waals surface area contributed by atoms with Crippen molar-refractivity contribution in [3.8, 4) is 0 Å². The molecule has 0 aliphatic carbocycles. The molecule has 0 amide bonds. The molecule has 0 aliphatic heterocycles. The van der Waals surface area contributed by atoms with Gasteiger partial charge in [-0.3, -0.25) is 0 Å². The molecular weight excluding hydrogens is 388 g/mol. The number of aromatic nitrogens is 2. The first kappa shape index (κ1) is 20.6. The van der Waals surface area contributed by atoms with E-state index in [1.54, 1.807) is 0 Å². The second-order valence-corrected chi connectivity index (χ2v) is 9.00. The molecular formula is C30H32N2. The lowest BCUT2D eigenvalue weighted by Crippen LogP contribution is -2.08. The summed E-state index contributed by atoms with van der Waals surface area (Å²) in [5.74, 6) is 0.166. The van der Waals surface area contributed by atoms with Crippen LogP contribution in [-0.2, 0) is 12.8 Å². The van der Waals surface area contributed by atoms with Gasteiger partial charge in [-0.05, 0) is 79.1 Å². The van der Waals surface area contributed by atoms with Gasteiger partial charge in [0.2, 0.25) is 0 Å². The van der Waals surface area contributed by atoms with Crippen LogP contribution >= 0.6 is 0 Å². The van der Waals surface area contributed by atoms with Gasteiger partial charge < -0.3 is 9.97 Å². The maximum Gasteiger partial charge on any atom is 0.0462 e. The number of rotatable bonds is 5. The fourth-order valence-corrected chi connectivity index (χ4v) is 5.64. The van der Waals surface area contributed by atoms with Crippen LogP contribution in [0.1, 0.15) is 64.5 Å². The highest BCUT2D eigenvalue weighted by Crippen LogP contribution is 2.45. The van der Waals surface area contributed by atoms with Crippen molar-refractivity contribution in [3.63, 3.8) is 0 Å². The smallest absolute Gasteiger partial charge is 0.0462 e. The summed E-state index contributed by atoms with van der Waals surface area (Å²) in [7, 11) is 0. The molecule has 0 unspecified atom stereocenters. The van der Waals surface area contributed by atoms with E-state index in [0.717, 1.165) is 12.8 Å². The van der Waals surface area contributed by atoms with Crippen molar-refractivity contribution >= 4 is 21.8 Å². The third-order valence-electron chi connectivity index (χ3n) is 7.13. The molecule has 0 fully saturated rings. The van der Waals surface area contributed by atoms with Crippen molar-refractivity contribution in [1.82, 2.24) is 9.97 Å². The second-order valence-electron chi connectivity index (χ2n) is 9.00. The van der Waals surface area contributed by atoms with Gasteiger partial charge in [0.25, 0.3) is 0 Å². The van der Waals surface area contributed by atoms with E-state index in [0.29, 0.717) is 0 Å². The summed E-state index contributed by atoms with van der Waals surface area (Å²) >= 11 is 0. The average Bonchev–Trinajstić information content (AvgIpc) is 3.31. The Hall–Kier alpha value is -3.26. The van der Waals surface area contributed by atoms with E-state index >= 15 is 0 Å². The Labute approximate surface area is 190 Å². The van der Waals surface area contributed by atoms with Crippen molar-refractivity contribution < 1.29 is 0 Å². The number of hydrogen-bond donors (Lipinski definition) is 2. The Kier molecular flexibility index (Phi) is 5.17.